The molecule has 0 radical (unpaired) electrons. The van der Waals surface area contributed by atoms with E-state index in [9.17, 15) is 4.55 Å². The van der Waals surface area contributed by atoms with Crippen LogP contribution in [0.4, 0.5) is 0 Å². The van der Waals surface area contributed by atoms with Crippen LogP contribution >= 0.6 is 11.8 Å². The Bertz CT molecular complexity index is 511. The summed E-state index contributed by atoms with van der Waals surface area (Å²) in [5, 5.41) is 0. The molecule has 0 aromatic heterocycles. The third kappa shape index (κ3) is 4.78. The van der Waals surface area contributed by atoms with Crippen LogP contribution in [0.2, 0.25) is 0 Å². The number of hydrogen-bond donors (Lipinski definition) is 0. The Kier molecular flexibility index (Phi) is 5.58. The van der Waals surface area contributed by atoms with Crippen LogP contribution in [0, 0.1) is 0 Å². The second-order valence-electron chi connectivity index (χ2n) is 4.12. The van der Waals surface area contributed by atoms with E-state index in [2.05, 4.69) is 18.7 Å². The zero-order valence-corrected chi connectivity index (χ0v) is 12.3. The van der Waals surface area contributed by atoms with Crippen molar-refractivity contribution in [3.8, 4) is 0 Å². The van der Waals surface area contributed by atoms with Crippen LogP contribution in [0.25, 0.3) is 0 Å². The van der Waals surface area contributed by atoms with E-state index in [0.717, 1.165) is 15.6 Å². The Morgan fingerprint density at radius 3 is 2.05 bits per heavy atom. The molecule has 2 aromatic carbocycles. The molecule has 0 amide bonds. The van der Waals surface area contributed by atoms with Crippen molar-refractivity contribution in [3.05, 3.63) is 82.6 Å². The number of rotatable bonds is 6. The van der Waals surface area contributed by atoms with Gasteiger partial charge in [0.25, 0.3) is 0 Å². The quantitative estimate of drug-likeness (QED) is 0.738. The van der Waals surface area contributed by atoms with E-state index in [1.54, 1.807) is 11.8 Å². The van der Waals surface area contributed by atoms with Crippen LogP contribution in [0.3, 0.4) is 0 Å². The summed E-state index contributed by atoms with van der Waals surface area (Å²) in [7, 11) is 0. The van der Waals surface area contributed by atoms with Crippen LogP contribution in [0.15, 0.2) is 71.5 Å². The highest BCUT2D eigenvalue weighted by Gasteiger charge is 2.13. The Morgan fingerprint density at radius 2 is 1.47 bits per heavy atom. The van der Waals surface area contributed by atoms with Crippen molar-refractivity contribution in [2.45, 2.75) is 11.5 Å². The van der Waals surface area contributed by atoms with Gasteiger partial charge < -0.3 is 4.55 Å². The van der Waals surface area contributed by atoms with E-state index in [1.807, 2.05) is 48.5 Å². The normalized spacial score (nSPS) is 12.1. The Balaban J connectivity index is 1.83. The SMILES string of the molecule is C=C(SCc1ccccc1)[S+]([O-])Cc1ccccc1. The van der Waals surface area contributed by atoms with Gasteiger partial charge in [-0.15, -0.1) is 0 Å². The maximum atomic E-state index is 12.1. The van der Waals surface area contributed by atoms with Gasteiger partial charge in [-0.3, -0.25) is 0 Å². The van der Waals surface area contributed by atoms with Crippen molar-refractivity contribution < 1.29 is 4.55 Å². The molecule has 0 saturated heterocycles. The van der Waals surface area contributed by atoms with E-state index in [1.165, 1.54) is 5.56 Å². The van der Waals surface area contributed by atoms with Gasteiger partial charge in [-0.1, -0.05) is 72.4 Å². The molecular weight excluding hydrogens is 272 g/mol. The largest absolute Gasteiger partial charge is 0.611 e. The fraction of sp³-hybridized carbons (Fsp3) is 0.125. The zero-order valence-electron chi connectivity index (χ0n) is 10.6. The summed E-state index contributed by atoms with van der Waals surface area (Å²) < 4.78 is 12.9. The van der Waals surface area contributed by atoms with Gasteiger partial charge in [0.15, 0.2) is 4.24 Å². The summed E-state index contributed by atoms with van der Waals surface area (Å²) in [5.41, 5.74) is 2.31. The molecule has 0 aliphatic carbocycles. The number of hydrogen-bond acceptors (Lipinski definition) is 2. The molecule has 0 N–H and O–H groups in total. The van der Waals surface area contributed by atoms with Gasteiger partial charge >= 0.3 is 0 Å². The summed E-state index contributed by atoms with van der Waals surface area (Å²) in [5.74, 6) is 1.36. The highest BCUT2D eigenvalue weighted by atomic mass is 32.3. The minimum Gasteiger partial charge on any atom is -0.611 e. The molecule has 19 heavy (non-hydrogen) atoms. The van der Waals surface area contributed by atoms with Crippen molar-refractivity contribution in [3.63, 3.8) is 0 Å². The first-order chi connectivity index (χ1) is 9.25. The molecule has 0 spiro atoms. The highest BCUT2D eigenvalue weighted by molar-refractivity contribution is 8.17. The van der Waals surface area contributed by atoms with Gasteiger partial charge in [-0.05, 0) is 23.3 Å². The predicted molar refractivity (Wildman–Crippen MR) is 85.2 cm³/mol. The van der Waals surface area contributed by atoms with Gasteiger partial charge in [0, 0.05) is 11.3 Å². The van der Waals surface area contributed by atoms with E-state index < -0.39 is 11.2 Å². The van der Waals surface area contributed by atoms with E-state index in [4.69, 9.17) is 0 Å². The number of benzene rings is 2. The molecule has 2 aromatic rings. The molecule has 0 heterocycles. The summed E-state index contributed by atoms with van der Waals surface area (Å²) in [6.45, 7) is 3.93. The smallest absolute Gasteiger partial charge is 0.179 e. The molecule has 0 bridgehead atoms. The second kappa shape index (κ2) is 7.43. The van der Waals surface area contributed by atoms with Gasteiger partial charge in [0.1, 0.15) is 5.75 Å². The standard InChI is InChI=1S/C16H16OS2/c1-14(18-12-15-8-4-2-5-9-15)19(17)13-16-10-6-3-7-11-16/h2-11H,1,12-13H2. The first kappa shape index (κ1) is 14.3. The molecule has 0 saturated carbocycles. The van der Waals surface area contributed by atoms with E-state index >= 15 is 0 Å². The molecule has 3 heteroatoms. The first-order valence-electron chi connectivity index (χ1n) is 6.03. The molecule has 2 rings (SSSR count). The summed E-state index contributed by atoms with van der Waals surface area (Å²) >= 11 is 0.541. The summed E-state index contributed by atoms with van der Waals surface area (Å²) in [6, 6.07) is 20.0. The molecule has 1 nitrogen and oxygen atoms in total. The predicted octanol–water partition coefficient (Wildman–Crippen LogP) is 4.34. The van der Waals surface area contributed by atoms with E-state index in [0.29, 0.717) is 5.75 Å². The summed E-state index contributed by atoms with van der Waals surface area (Å²) in [6.07, 6.45) is 0. The van der Waals surface area contributed by atoms with Crippen molar-refractivity contribution in [2.75, 3.05) is 0 Å². The zero-order chi connectivity index (χ0) is 13.5. The average Bonchev–Trinajstić information content (AvgIpc) is 2.47. The minimum atomic E-state index is -1.02. The lowest BCUT2D eigenvalue weighted by atomic mass is 10.2. The van der Waals surface area contributed by atoms with Gasteiger partial charge in [0.2, 0.25) is 0 Å². The maximum Gasteiger partial charge on any atom is 0.179 e. The summed E-state index contributed by atoms with van der Waals surface area (Å²) in [4.78, 5) is 0. The molecular formula is C16H16OS2. The third-order valence-corrected chi connectivity index (χ3v) is 5.45. The third-order valence-electron chi connectivity index (χ3n) is 2.64. The van der Waals surface area contributed by atoms with Crippen molar-refractivity contribution in [2.24, 2.45) is 0 Å². The Morgan fingerprint density at radius 1 is 0.947 bits per heavy atom. The second-order valence-corrected chi connectivity index (χ2v) is 6.92. The molecule has 98 valence electrons. The number of thioether (sulfide) groups is 1. The maximum absolute atomic E-state index is 12.1. The van der Waals surface area contributed by atoms with Crippen LogP contribution in [-0.4, -0.2) is 4.55 Å². The van der Waals surface area contributed by atoms with E-state index in [-0.39, 0.29) is 0 Å². The van der Waals surface area contributed by atoms with Gasteiger partial charge in [-0.25, -0.2) is 0 Å². The van der Waals surface area contributed by atoms with Crippen LogP contribution in [-0.2, 0) is 22.7 Å². The lowest BCUT2D eigenvalue weighted by Gasteiger charge is -2.12. The Hall–Kier alpha value is -1.16. The molecule has 1 unspecified atom stereocenters. The van der Waals surface area contributed by atoms with Gasteiger partial charge in [0.05, 0.1) is 0 Å². The minimum absolute atomic E-state index is 0.543. The van der Waals surface area contributed by atoms with Crippen molar-refractivity contribution >= 4 is 22.9 Å². The van der Waals surface area contributed by atoms with Crippen molar-refractivity contribution in [1.29, 1.82) is 0 Å². The van der Waals surface area contributed by atoms with Gasteiger partial charge in [-0.2, -0.15) is 0 Å². The molecule has 0 fully saturated rings. The lowest BCUT2D eigenvalue weighted by molar-refractivity contribution is 0.602. The topological polar surface area (TPSA) is 23.1 Å². The van der Waals surface area contributed by atoms with Crippen LogP contribution < -0.4 is 0 Å². The molecule has 0 aliphatic rings. The fourth-order valence-corrected chi connectivity index (χ4v) is 3.67. The lowest BCUT2D eigenvalue weighted by Crippen LogP contribution is -2.04. The molecule has 0 aliphatic heterocycles. The molecule has 1 atom stereocenters. The van der Waals surface area contributed by atoms with Crippen LogP contribution in [0.5, 0.6) is 0 Å². The van der Waals surface area contributed by atoms with Crippen molar-refractivity contribution in [1.82, 2.24) is 0 Å². The first-order valence-corrected chi connectivity index (χ1v) is 8.34. The average molecular weight is 288 g/mol. The highest BCUT2D eigenvalue weighted by Crippen LogP contribution is 2.26. The fourth-order valence-electron chi connectivity index (χ4n) is 1.61. The Labute approximate surface area is 121 Å². The van der Waals surface area contributed by atoms with Crippen LogP contribution in [0.1, 0.15) is 11.1 Å². The monoisotopic (exact) mass is 288 g/mol.